The summed E-state index contributed by atoms with van der Waals surface area (Å²) < 4.78 is 19.2. The lowest BCUT2D eigenvalue weighted by Gasteiger charge is -2.29. The first-order chi connectivity index (χ1) is 19.5. The number of aromatic nitrogens is 2. The van der Waals surface area contributed by atoms with Crippen molar-refractivity contribution < 1.29 is 9.30 Å². The number of hydrogen-bond acceptors (Lipinski definition) is 7. The van der Waals surface area contributed by atoms with Gasteiger partial charge in [0.1, 0.15) is 12.2 Å². The number of benzene rings is 2. The monoisotopic (exact) mass is 595 g/mol. The van der Waals surface area contributed by atoms with Crippen molar-refractivity contribution in [2.75, 3.05) is 44.2 Å². The van der Waals surface area contributed by atoms with Gasteiger partial charge in [-0.2, -0.15) is 4.98 Å². The zero-order valence-corrected chi connectivity index (χ0v) is 26.8. The molecule has 7 nitrogen and oxygen atoms in total. The van der Waals surface area contributed by atoms with E-state index in [1.165, 1.54) is 49.9 Å². The molecule has 0 spiro atoms. The molecule has 1 saturated heterocycles. The summed E-state index contributed by atoms with van der Waals surface area (Å²) in [5, 5.41) is 7.90. The molecule has 1 aliphatic carbocycles. The third kappa shape index (κ3) is 6.64. The molecule has 3 aromatic rings. The standard InChI is InChI=1S/C32H43ClN5O2P/c1-21-26(32(2,3)40-4)15-16-28(29(21)41(5,6)39)36-30-27(33)20-34-31(37-30)35-24-12-9-22-10-13-25(14-11-23(22)19-24)38-17-7-8-18-38/h9,12,15-16,19-20,25H,7-8,10-11,13-14,17-18H2,1-6H3,(H2,34,35,36,37)/t25-/m0/s1. The first-order valence-corrected chi connectivity index (χ1v) is 17.6. The molecule has 0 saturated carbocycles. The highest BCUT2D eigenvalue weighted by atomic mass is 35.5. The van der Waals surface area contributed by atoms with Crippen molar-refractivity contribution in [2.24, 2.45) is 0 Å². The molecule has 1 atom stereocenters. The molecule has 9 heteroatoms. The van der Waals surface area contributed by atoms with Gasteiger partial charge in [0.2, 0.25) is 5.95 Å². The maximum atomic E-state index is 13.5. The van der Waals surface area contributed by atoms with Crippen molar-refractivity contribution in [2.45, 2.75) is 70.9 Å². The minimum Gasteiger partial charge on any atom is -0.374 e. The van der Waals surface area contributed by atoms with E-state index in [2.05, 4.69) is 38.7 Å². The third-order valence-electron chi connectivity index (χ3n) is 8.74. The molecule has 41 heavy (non-hydrogen) atoms. The Hall–Kier alpha value is -2.44. The van der Waals surface area contributed by atoms with Gasteiger partial charge in [-0.15, -0.1) is 0 Å². The smallest absolute Gasteiger partial charge is 0.229 e. The normalized spacial score (nSPS) is 18.2. The second-order valence-corrected chi connectivity index (χ2v) is 15.9. The lowest BCUT2D eigenvalue weighted by Crippen LogP contribution is -2.32. The summed E-state index contributed by atoms with van der Waals surface area (Å²) in [5.74, 6) is 0.909. The van der Waals surface area contributed by atoms with E-state index in [1.807, 2.05) is 32.9 Å². The fourth-order valence-corrected chi connectivity index (χ4v) is 8.25. The summed E-state index contributed by atoms with van der Waals surface area (Å²) in [6.45, 7) is 12.1. The number of nitrogens with zero attached hydrogens (tertiary/aromatic N) is 3. The lowest BCUT2D eigenvalue weighted by atomic mass is 9.93. The van der Waals surface area contributed by atoms with Gasteiger partial charge in [0.15, 0.2) is 5.82 Å². The van der Waals surface area contributed by atoms with E-state index in [1.54, 1.807) is 26.6 Å². The van der Waals surface area contributed by atoms with Crippen LogP contribution in [0.3, 0.4) is 0 Å². The number of methoxy groups -OCH3 is 1. The predicted octanol–water partition coefficient (Wildman–Crippen LogP) is 7.40. The Kier molecular flexibility index (Phi) is 8.82. The molecule has 0 radical (unpaired) electrons. The summed E-state index contributed by atoms with van der Waals surface area (Å²) >= 11 is 6.55. The molecule has 5 rings (SSSR count). The highest BCUT2D eigenvalue weighted by Gasteiger charge is 2.29. The second-order valence-electron chi connectivity index (χ2n) is 12.3. The van der Waals surface area contributed by atoms with Crippen LogP contribution in [-0.4, -0.2) is 54.4 Å². The minimum atomic E-state index is -2.67. The molecule has 2 heterocycles. The Balaban J connectivity index is 1.38. The highest BCUT2D eigenvalue weighted by Crippen LogP contribution is 2.43. The largest absolute Gasteiger partial charge is 0.374 e. The fraction of sp³-hybridized carbons (Fsp3) is 0.500. The van der Waals surface area contributed by atoms with E-state index in [-0.39, 0.29) is 0 Å². The van der Waals surface area contributed by atoms with Crippen LogP contribution >= 0.6 is 18.7 Å². The maximum absolute atomic E-state index is 13.5. The molecule has 1 aromatic heterocycles. The second kappa shape index (κ2) is 12.0. The molecule has 2 aromatic carbocycles. The number of hydrogen-bond donors (Lipinski definition) is 2. The number of anilines is 4. The minimum absolute atomic E-state index is 0.386. The van der Waals surface area contributed by atoms with Crippen LogP contribution in [0.5, 0.6) is 0 Å². The SMILES string of the molecule is COC(C)(C)c1ccc(Nc2nc(Nc3ccc4c(c3)CC[C@@H](N3CCCC3)CC4)ncc2Cl)c(P(C)(C)=O)c1C. The molecule has 2 aliphatic rings. The van der Waals surface area contributed by atoms with Gasteiger partial charge in [-0.3, -0.25) is 0 Å². The quantitative estimate of drug-likeness (QED) is 0.207. The number of nitrogens with one attached hydrogen (secondary N) is 2. The van der Waals surface area contributed by atoms with Crippen LogP contribution in [0.2, 0.25) is 5.02 Å². The van der Waals surface area contributed by atoms with Gasteiger partial charge in [-0.1, -0.05) is 23.7 Å². The van der Waals surface area contributed by atoms with Gasteiger partial charge in [0, 0.05) is 24.1 Å². The van der Waals surface area contributed by atoms with Gasteiger partial charge >= 0.3 is 0 Å². The summed E-state index contributed by atoms with van der Waals surface area (Å²) in [6.07, 6.45) is 8.94. The molecule has 220 valence electrons. The molecule has 0 bridgehead atoms. The number of aryl methyl sites for hydroxylation is 2. The Labute approximate surface area is 249 Å². The third-order valence-corrected chi connectivity index (χ3v) is 10.7. The van der Waals surface area contributed by atoms with E-state index in [0.717, 1.165) is 40.6 Å². The van der Waals surface area contributed by atoms with Gasteiger partial charge in [0.05, 0.1) is 17.5 Å². The first-order valence-electron chi connectivity index (χ1n) is 14.6. The van der Waals surface area contributed by atoms with Gasteiger partial charge in [0.25, 0.3) is 0 Å². The molecule has 2 N–H and O–H groups in total. The van der Waals surface area contributed by atoms with Gasteiger partial charge in [-0.25, -0.2) is 4.98 Å². The molecular weight excluding hydrogens is 553 g/mol. The molecule has 1 aliphatic heterocycles. The Morgan fingerprint density at radius 3 is 2.44 bits per heavy atom. The van der Waals surface area contributed by atoms with E-state index < -0.39 is 12.7 Å². The molecular formula is C32H43ClN5O2P. The fourth-order valence-electron chi connectivity index (χ4n) is 6.47. The summed E-state index contributed by atoms with van der Waals surface area (Å²) in [7, 11) is -0.981. The maximum Gasteiger partial charge on any atom is 0.229 e. The zero-order chi connectivity index (χ0) is 29.4. The van der Waals surface area contributed by atoms with Crippen molar-refractivity contribution >= 4 is 47.2 Å². The van der Waals surface area contributed by atoms with E-state index >= 15 is 0 Å². The van der Waals surface area contributed by atoms with E-state index in [9.17, 15) is 4.57 Å². The number of fused-ring (bicyclic) bond motifs is 1. The van der Waals surface area contributed by atoms with Crippen molar-refractivity contribution in [3.05, 3.63) is 63.8 Å². The molecule has 0 amide bonds. The van der Waals surface area contributed by atoms with Gasteiger partial charge in [-0.05, 0) is 126 Å². The van der Waals surface area contributed by atoms with Crippen LogP contribution in [0.4, 0.5) is 23.1 Å². The van der Waals surface area contributed by atoms with Crippen molar-refractivity contribution in [1.29, 1.82) is 0 Å². The lowest BCUT2D eigenvalue weighted by molar-refractivity contribution is 0.0188. The number of likely N-dealkylation sites (tertiary alicyclic amines) is 1. The average Bonchev–Trinajstić information content (AvgIpc) is 3.37. The van der Waals surface area contributed by atoms with Crippen molar-refractivity contribution in [3.8, 4) is 0 Å². The Morgan fingerprint density at radius 2 is 1.76 bits per heavy atom. The van der Waals surface area contributed by atoms with Crippen LogP contribution in [0.15, 0.2) is 36.5 Å². The Morgan fingerprint density at radius 1 is 1.05 bits per heavy atom. The predicted molar refractivity (Wildman–Crippen MR) is 172 cm³/mol. The van der Waals surface area contributed by atoms with Gasteiger partial charge < -0.3 is 24.8 Å². The molecule has 1 fully saturated rings. The van der Waals surface area contributed by atoms with E-state index in [4.69, 9.17) is 21.3 Å². The first kappa shape index (κ1) is 30.0. The summed E-state index contributed by atoms with van der Waals surface area (Å²) in [6, 6.07) is 11.2. The van der Waals surface area contributed by atoms with Crippen LogP contribution in [0.1, 0.15) is 61.8 Å². The highest BCUT2D eigenvalue weighted by molar-refractivity contribution is 7.70. The molecule has 0 unspecified atom stereocenters. The van der Waals surface area contributed by atoms with Crippen molar-refractivity contribution in [1.82, 2.24) is 14.9 Å². The van der Waals surface area contributed by atoms with Crippen LogP contribution < -0.4 is 15.9 Å². The van der Waals surface area contributed by atoms with Crippen molar-refractivity contribution in [3.63, 3.8) is 0 Å². The number of ether oxygens (including phenoxy) is 1. The zero-order valence-electron chi connectivity index (χ0n) is 25.2. The number of rotatable bonds is 8. The number of halogens is 1. The van der Waals surface area contributed by atoms with E-state index in [0.29, 0.717) is 22.8 Å². The van der Waals surface area contributed by atoms with Crippen LogP contribution in [-0.2, 0) is 27.7 Å². The topological polar surface area (TPSA) is 79.4 Å². The van der Waals surface area contributed by atoms with Crippen LogP contribution in [0, 0.1) is 6.92 Å². The average molecular weight is 596 g/mol. The summed E-state index contributed by atoms with van der Waals surface area (Å²) in [5.41, 5.74) is 5.96. The van der Waals surface area contributed by atoms with Crippen LogP contribution in [0.25, 0.3) is 0 Å². The summed E-state index contributed by atoms with van der Waals surface area (Å²) in [4.78, 5) is 11.8. The Bertz CT molecular complexity index is 1460.